The zero-order valence-electron chi connectivity index (χ0n) is 18.8. The van der Waals surface area contributed by atoms with Crippen molar-refractivity contribution in [2.45, 2.75) is 49.6 Å². The Kier molecular flexibility index (Phi) is 6.88. The van der Waals surface area contributed by atoms with E-state index in [9.17, 15) is 4.79 Å². The van der Waals surface area contributed by atoms with E-state index in [0.717, 1.165) is 30.0 Å². The molecule has 0 spiro atoms. The van der Waals surface area contributed by atoms with Gasteiger partial charge in [-0.1, -0.05) is 29.4 Å². The molecule has 2 aromatic carbocycles. The zero-order chi connectivity index (χ0) is 22.8. The first-order valence-corrected chi connectivity index (χ1v) is 12.1. The highest BCUT2D eigenvalue weighted by molar-refractivity contribution is 8.00. The summed E-state index contributed by atoms with van der Waals surface area (Å²) >= 11 is 7.49. The van der Waals surface area contributed by atoms with Crippen LogP contribution in [0.2, 0.25) is 5.02 Å². The maximum absolute atomic E-state index is 12.9. The number of anilines is 1. The second-order valence-corrected chi connectivity index (χ2v) is 10.1. The Morgan fingerprint density at radius 1 is 1.09 bits per heavy atom. The van der Waals surface area contributed by atoms with Gasteiger partial charge >= 0.3 is 0 Å². The molecule has 1 N–H and O–H groups in total. The van der Waals surface area contributed by atoms with Gasteiger partial charge in [-0.05, 0) is 94.7 Å². The van der Waals surface area contributed by atoms with Crippen LogP contribution >= 0.6 is 23.4 Å². The van der Waals surface area contributed by atoms with E-state index in [-0.39, 0.29) is 17.2 Å². The first-order valence-electron chi connectivity index (χ1n) is 10.8. The minimum absolute atomic E-state index is 0.0445. The summed E-state index contributed by atoms with van der Waals surface area (Å²) in [6.45, 7) is 3.97. The molecule has 1 amide bonds. The summed E-state index contributed by atoms with van der Waals surface area (Å²) in [6.07, 6.45) is 3.40. The van der Waals surface area contributed by atoms with E-state index in [1.54, 1.807) is 0 Å². The Labute approximate surface area is 198 Å². The van der Waals surface area contributed by atoms with Gasteiger partial charge < -0.3 is 5.32 Å². The summed E-state index contributed by atoms with van der Waals surface area (Å²) in [5.41, 5.74) is 4.50. The van der Waals surface area contributed by atoms with Crippen molar-refractivity contribution in [3.8, 4) is 5.69 Å². The van der Waals surface area contributed by atoms with Gasteiger partial charge in [0.05, 0.1) is 11.3 Å². The zero-order valence-corrected chi connectivity index (χ0v) is 20.4. The second-order valence-electron chi connectivity index (χ2n) is 8.38. The van der Waals surface area contributed by atoms with Crippen LogP contribution < -0.4 is 5.32 Å². The van der Waals surface area contributed by atoms with Gasteiger partial charge in [-0.3, -0.25) is 14.3 Å². The van der Waals surface area contributed by atoms with Crippen molar-refractivity contribution in [3.63, 3.8) is 0 Å². The number of carbonyl (C=O) groups excluding carboxylic acids is 1. The van der Waals surface area contributed by atoms with Crippen molar-refractivity contribution in [2.24, 2.45) is 0 Å². The molecular weight excluding hydrogens is 442 g/mol. The van der Waals surface area contributed by atoms with Crippen LogP contribution in [0.3, 0.4) is 0 Å². The van der Waals surface area contributed by atoms with E-state index in [1.165, 1.54) is 29.3 Å². The molecule has 0 radical (unpaired) electrons. The third kappa shape index (κ3) is 4.85. The van der Waals surface area contributed by atoms with E-state index in [0.29, 0.717) is 10.2 Å². The summed E-state index contributed by atoms with van der Waals surface area (Å²) in [5.74, 6) is 0.756. The third-order valence-corrected chi connectivity index (χ3v) is 7.20. The number of thioether (sulfide) groups is 1. The maximum atomic E-state index is 12.9. The van der Waals surface area contributed by atoms with E-state index in [4.69, 9.17) is 11.6 Å². The highest BCUT2D eigenvalue weighted by atomic mass is 35.5. The number of carbonyl (C=O) groups is 1. The smallest absolute Gasteiger partial charge is 0.237 e. The largest absolute Gasteiger partial charge is 0.325 e. The van der Waals surface area contributed by atoms with Crippen molar-refractivity contribution in [2.75, 3.05) is 19.4 Å². The molecule has 3 aromatic rings. The molecule has 0 bridgehead atoms. The Morgan fingerprint density at radius 3 is 2.53 bits per heavy atom. The number of rotatable bonds is 7. The predicted octanol–water partition coefficient (Wildman–Crippen LogP) is 5.15. The molecule has 1 aliphatic rings. The van der Waals surface area contributed by atoms with E-state index in [2.05, 4.69) is 39.5 Å². The number of aromatic nitrogens is 3. The van der Waals surface area contributed by atoms with Crippen LogP contribution in [0.4, 0.5) is 5.69 Å². The minimum atomic E-state index is -0.346. The average Bonchev–Trinajstić information content (AvgIpc) is 3.40. The Balaban J connectivity index is 1.56. The monoisotopic (exact) mass is 469 g/mol. The fraction of sp³-hybridized carbons (Fsp3) is 0.375. The van der Waals surface area contributed by atoms with Crippen LogP contribution in [0.25, 0.3) is 5.69 Å². The molecule has 0 aliphatic heterocycles. The lowest BCUT2D eigenvalue weighted by molar-refractivity contribution is -0.115. The molecule has 0 saturated carbocycles. The summed E-state index contributed by atoms with van der Waals surface area (Å²) in [7, 11) is 4.01. The normalized spacial score (nSPS) is 14.9. The number of hydrogen-bond acceptors (Lipinski definition) is 5. The van der Waals surface area contributed by atoms with Gasteiger partial charge in [0, 0.05) is 16.4 Å². The maximum Gasteiger partial charge on any atom is 0.237 e. The summed E-state index contributed by atoms with van der Waals surface area (Å²) in [5, 5.41) is 12.9. The average molecular weight is 470 g/mol. The molecule has 2 atom stereocenters. The first-order chi connectivity index (χ1) is 15.3. The lowest BCUT2D eigenvalue weighted by atomic mass is 10.1. The van der Waals surface area contributed by atoms with Crippen LogP contribution in [0, 0.1) is 0 Å². The number of hydrogen-bond donors (Lipinski definition) is 1. The third-order valence-electron chi connectivity index (χ3n) is 5.91. The van der Waals surface area contributed by atoms with E-state index < -0.39 is 0 Å². The predicted molar refractivity (Wildman–Crippen MR) is 131 cm³/mol. The summed E-state index contributed by atoms with van der Waals surface area (Å²) < 4.78 is 2.00. The molecule has 6 nitrogen and oxygen atoms in total. The van der Waals surface area contributed by atoms with Gasteiger partial charge in [0.2, 0.25) is 5.91 Å². The number of benzene rings is 2. The number of nitrogens with zero attached hydrogens (tertiary/aromatic N) is 4. The molecule has 4 rings (SSSR count). The number of amides is 1. The number of aryl methyl sites for hydroxylation is 2. The van der Waals surface area contributed by atoms with Crippen LogP contribution in [0.15, 0.2) is 47.6 Å². The quantitative estimate of drug-likeness (QED) is 0.485. The number of fused-ring (bicyclic) bond motifs is 1. The van der Waals surface area contributed by atoms with E-state index >= 15 is 0 Å². The van der Waals surface area contributed by atoms with Crippen LogP contribution in [-0.2, 0) is 17.6 Å². The van der Waals surface area contributed by atoms with Gasteiger partial charge in [-0.2, -0.15) is 0 Å². The molecule has 0 unspecified atom stereocenters. The highest BCUT2D eigenvalue weighted by Crippen LogP contribution is 2.31. The second kappa shape index (κ2) is 9.65. The topological polar surface area (TPSA) is 63.1 Å². The molecule has 32 heavy (non-hydrogen) atoms. The fourth-order valence-corrected chi connectivity index (χ4v) is 4.80. The van der Waals surface area contributed by atoms with Crippen molar-refractivity contribution in [3.05, 3.63) is 64.4 Å². The van der Waals surface area contributed by atoms with Crippen molar-refractivity contribution in [1.82, 2.24) is 19.7 Å². The van der Waals surface area contributed by atoms with Gasteiger partial charge in [-0.15, -0.1) is 10.2 Å². The lowest BCUT2D eigenvalue weighted by Gasteiger charge is -2.21. The van der Waals surface area contributed by atoms with E-state index in [1.807, 2.05) is 55.9 Å². The minimum Gasteiger partial charge on any atom is -0.325 e. The molecule has 0 fully saturated rings. The Morgan fingerprint density at radius 2 is 1.81 bits per heavy atom. The van der Waals surface area contributed by atoms with Gasteiger partial charge in [-0.25, -0.2) is 0 Å². The van der Waals surface area contributed by atoms with Crippen LogP contribution in [0.5, 0.6) is 0 Å². The standard InChI is InChI=1S/C24H28ClN5OS/c1-15(29(3)4)22-27-28-24(30(22)21-12-9-19(25)10-13-21)32-16(2)23(31)26-20-11-8-17-6-5-7-18(17)14-20/h8-16H,5-7H2,1-4H3,(H,26,31)/t15-,16+/m1/s1. The molecule has 1 heterocycles. The van der Waals surface area contributed by atoms with Gasteiger partial charge in [0.1, 0.15) is 0 Å². The molecular formula is C24H28ClN5OS. The van der Waals surface area contributed by atoms with Crippen LogP contribution in [-0.4, -0.2) is 44.9 Å². The van der Waals surface area contributed by atoms with Gasteiger partial charge in [0.15, 0.2) is 11.0 Å². The first kappa shape index (κ1) is 22.8. The highest BCUT2D eigenvalue weighted by Gasteiger charge is 2.24. The van der Waals surface area contributed by atoms with Crippen molar-refractivity contribution < 1.29 is 4.79 Å². The Bertz CT molecular complexity index is 1110. The molecule has 1 aromatic heterocycles. The van der Waals surface area contributed by atoms with Crippen molar-refractivity contribution >= 4 is 35.0 Å². The molecule has 1 aliphatic carbocycles. The number of nitrogens with one attached hydrogen (secondary N) is 1. The van der Waals surface area contributed by atoms with Gasteiger partial charge in [0.25, 0.3) is 0 Å². The fourth-order valence-electron chi connectivity index (χ4n) is 3.80. The van der Waals surface area contributed by atoms with Crippen LogP contribution in [0.1, 0.15) is 43.3 Å². The SMILES string of the molecule is C[C@H](Sc1nnc([C@@H](C)N(C)C)n1-c1ccc(Cl)cc1)C(=O)Nc1ccc2c(c1)CCC2. The Hall–Kier alpha value is -2.35. The van der Waals surface area contributed by atoms with Crippen molar-refractivity contribution in [1.29, 1.82) is 0 Å². The summed E-state index contributed by atoms with van der Waals surface area (Å²) in [6, 6.07) is 13.8. The summed E-state index contributed by atoms with van der Waals surface area (Å²) in [4.78, 5) is 15.0. The lowest BCUT2D eigenvalue weighted by Crippen LogP contribution is -2.23. The molecule has 0 saturated heterocycles. The molecule has 168 valence electrons. The molecule has 8 heteroatoms. The number of halogens is 1.